The molecule has 0 saturated carbocycles. The van der Waals surface area contributed by atoms with E-state index in [-0.39, 0.29) is 5.56 Å². The van der Waals surface area contributed by atoms with Crippen molar-refractivity contribution in [2.75, 3.05) is 0 Å². The summed E-state index contributed by atoms with van der Waals surface area (Å²) >= 11 is 1.71. The molecular weight excluding hydrogens is 318 g/mol. The van der Waals surface area contributed by atoms with Crippen LogP contribution in [0.25, 0.3) is 10.2 Å². The van der Waals surface area contributed by atoms with Crippen LogP contribution in [-0.2, 0) is 25.8 Å². The van der Waals surface area contributed by atoms with Crippen LogP contribution in [0.1, 0.15) is 42.1 Å². The zero-order valence-corrected chi connectivity index (χ0v) is 14.9. The van der Waals surface area contributed by atoms with Crippen LogP contribution >= 0.6 is 11.3 Å². The normalized spacial score (nSPS) is 17.2. The molecule has 0 radical (unpaired) electrons. The Balaban J connectivity index is 1.71. The molecule has 0 fully saturated rings. The molecule has 1 N–H and O–H groups in total. The third-order valence-electron chi connectivity index (χ3n) is 4.92. The molecule has 3 aromatic heterocycles. The fourth-order valence-electron chi connectivity index (χ4n) is 3.47. The summed E-state index contributed by atoms with van der Waals surface area (Å²) in [4.78, 5) is 22.6. The van der Waals surface area contributed by atoms with Gasteiger partial charge in [-0.1, -0.05) is 13.8 Å². The molecule has 3 heterocycles. The van der Waals surface area contributed by atoms with Gasteiger partial charge in [0, 0.05) is 17.0 Å². The Morgan fingerprint density at radius 1 is 1.38 bits per heavy atom. The third-order valence-corrected chi connectivity index (χ3v) is 6.06. The number of aromatic amines is 1. The van der Waals surface area contributed by atoms with Crippen LogP contribution in [0.2, 0.25) is 0 Å². The van der Waals surface area contributed by atoms with Crippen LogP contribution in [0.15, 0.2) is 29.3 Å². The van der Waals surface area contributed by atoms with Crippen LogP contribution in [0.3, 0.4) is 0 Å². The van der Waals surface area contributed by atoms with Crippen molar-refractivity contribution in [1.29, 1.82) is 0 Å². The second-order valence-electron chi connectivity index (χ2n) is 6.78. The van der Waals surface area contributed by atoms with Crippen LogP contribution in [0, 0.1) is 5.92 Å². The van der Waals surface area contributed by atoms with E-state index >= 15 is 0 Å². The lowest BCUT2D eigenvalue weighted by atomic mass is 9.89. The van der Waals surface area contributed by atoms with Crippen LogP contribution in [-0.4, -0.2) is 9.97 Å². The topological polar surface area (TPSA) is 49.6 Å². The van der Waals surface area contributed by atoms with Gasteiger partial charge in [-0.25, -0.2) is 4.98 Å². The highest BCUT2D eigenvalue weighted by atomic mass is 32.1. The predicted octanol–water partition coefficient (Wildman–Crippen LogP) is 3.01. The lowest BCUT2D eigenvalue weighted by Crippen LogP contribution is -2.35. The first-order valence-electron chi connectivity index (χ1n) is 8.65. The monoisotopic (exact) mass is 340 g/mol. The standard InChI is InChI=1S/C19H21N3OS/c1-3-13-6-8-22(9-7-13)11-16-20-18(23)17-14-5-4-12(2)10-15(14)24-19(17)21-16/h6-9,12H,3-5,10-11H2,1-2H3/p+1/t12-/m1/s1. The molecule has 4 rings (SSSR count). The number of thiophene rings is 1. The first kappa shape index (κ1) is 15.5. The van der Waals surface area contributed by atoms with Crippen molar-refractivity contribution < 1.29 is 4.57 Å². The Morgan fingerprint density at radius 3 is 2.92 bits per heavy atom. The number of pyridine rings is 1. The molecular formula is C19H22N3OS+. The third kappa shape index (κ3) is 2.77. The molecule has 0 bridgehead atoms. The van der Waals surface area contributed by atoms with Crippen molar-refractivity contribution in [2.45, 2.75) is 46.1 Å². The predicted molar refractivity (Wildman–Crippen MR) is 96.5 cm³/mol. The Bertz CT molecular complexity index is 940. The number of rotatable bonds is 3. The molecule has 4 nitrogen and oxygen atoms in total. The Kier molecular flexibility index (Phi) is 3.96. The van der Waals surface area contributed by atoms with Crippen molar-refractivity contribution in [1.82, 2.24) is 9.97 Å². The number of fused-ring (bicyclic) bond motifs is 3. The second-order valence-corrected chi connectivity index (χ2v) is 7.86. The molecule has 0 aromatic carbocycles. The Labute approximate surface area is 145 Å². The molecule has 0 spiro atoms. The highest BCUT2D eigenvalue weighted by Gasteiger charge is 2.23. The molecule has 124 valence electrons. The molecule has 0 amide bonds. The van der Waals surface area contributed by atoms with Gasteiger partial charge in [-0.3, -0.25) is 4.79 Å². The summed E-state index contributed by atoms with van der Waals surface area (Å²) in [7, 11) is 0. The van der Waals surface area contributed by atoms with Crippen LogP contribution < -0.4 is 10.1 Å². The molecule has 24 heavy (non-hydrogen) atoms. The zero-order chi connectivity index (χ0) is 16.7. The number of nitrogens with one attached hydrogen (secondary N) is 1. The highest BCUT2D eigenvalue weighted by Crippen LogP contribution is 2.35. The van der Waals surface area contributed by atoms with E-state index in [2.05, 4.69) is 35.5 Å². The maximum absolute atomic E-state index is 12.6. The van der Waals surface area contributed by atoms with Gasteiger partial charge in [0.2, 0.25) is 6.54 Å². The van der Waals surface area contributed by atoms with E-state index in [1.807, 2.05) is 12.4 Å². The van der Waals surface area contributed by atoms with Gasteiger partial charge in [0.05, 0.1) is 5.39 Å². The zero-order valence-electron chi connectivity index (χ0n) is 14.1. The highest BCUT2D eigenvalue weighted by molar-refractivity contribution is 7.18. The number of hydrogen-bond acceptors (Lipinski definition) is 3. The maximum atomic E-state index is 12.6. The summed E-state index contributed by atoms with van der Waals surface area (Å²) in [6.07, 6.45) is 8.38. The van der Waals surface area contributed by atoms with Crippen molar-refractivity contribution in [3.63, 3.8) is 0 Å². The average molecular weight is 340 g/mol. The fourth-order valence-corrected chi connectivity index (χ4v) is 4.87. The molecule has 3 aromatic rings. The van der Waals surface area contributed by atoms with Crippen molar-refractivity contribution in [2.24, 2.45) is 5.92 Å². The van der Waals surface area contributed by atoms with Gasteiger partial charge in [0.1, 0.15) is 4.83 Å². The number of nitrogens with zero attached hydrogens (tertiary/aromatic N) is 2. The van der Waals surface area contributed by atoms with Gasteiger partial charge in [-0.15, -0.1) is 11.3 Å². The van der Waals surface area contributed by atoms with E-state index in [0.29, 0.717) is 12.5 Å². The first-order valence-corrected chi connectivity index (χ1v) is 9.47. The second kappa shape index (κ2) is 6.13. The van der Waals surface area contributed by atoms with Crippen LogP contribution in [0.5, 0.6) is 0 Å². The van der Waals surface area contributed by atoms with Crippen molar-refractivity contribution in [3.05, 3.63) is 56.7 Å². The Hall–Kier alpha value is -2.01. The van der Waals surface area contributed by atoms with E-state index < -0.39 is 0 Å². The lowest BCUT2D eigenvalue weighted by Gasteiger charge is -2.17. The molecule has 1 aliphatic carbocycles. The van der Waals surface area contributed by atoms with Gasteiger partial charge in [-0.05, 0) is 42.7 Å². The quantitative estimate of drug-likeness (QED) is 0.745. The summed E-state index contributed by atoms with van der Waals surface area (Å²) in [6.45, 7) is 5.02. The summed E-state index contributed by atoms with van der Waals surface area (Å²) in [5.41, 5.74) is 2.57. The van der Waals surface area contributed by atoms with E-state index in [0.717, 1.165) is 35.3 Å². The molecule has 0 unspecified atom stereocenters. The number of hydrogen-bond donors (Lipinski definition) is 1. The minimum atomic E-state index is 0.0211. The van der Waals surface area contributed by atoms with Gasteiger partial charge in [-0.2, -0.15) is 4.57 Å². The number of aromatic nitrogens is 3. The van der Waals surface area contributed by atoms with E-state index in [4.69, 9.17) is 4.98 Å². The smallest absolute Gasteiger partial charge is 0.260 e. The maximum Gasteiger partial charge on any atom is 0.260 e. The SMILES string of the molecule is CCc1cc[n+](Cc2nc3sc4c(c3c(=O)[nH]2)CC[C@@H](C)C4)cc1. The van der Waals surface area contributed by atoms with E-state index in [1.54, 1.807) is 11.3 Å². The van der Waals surface area contributed by atoms with Gasteiger partial charge in [0.15, 0.2) is 18.2 Å². The summed E-state index contributed by atoms with van der Waals surface area (Å²) in [5.74, 6) is 1.44. The first-order chi connectivity index (χ1) is 11.6. The largest absolute Gasteiger partial charge is 0.305 e. The average Bonchev–Trinajstić information content (AvgIpc) is 2.93. The van der Waals surface area contributed by atoms with Gasteiger partial charge in [0.25, 0.3) is 5.56 Å². The van der Waals surface area contributed by atoms with Gasteiger partial charge < -0.3 is 4.98 Å². The molecule has 5 heteroatoms. The summed E-state index contributed by atoms with van der Waals surface area (Å²) in [5, 5.41) is 0.831. The fraction of sp³-hybridized carbons (Fsp3) is 0.421. The molecule has 0 aliphatic heterocycles. The summed E-state index contributed by atoms with van der Waals surface area (Å²) in [6, 6.07) is 4.23. The molecule has 0 saturated heterocycles. The minimum Gasteiger partial charge on any atom is -0.305 e. The molecule has 1 aliphatic rings. The number of H-pyrrole nitrogens is 1. The number of aryl methyl sites for hydroxylation is 2. The van der Waals surface area contributed by atoms with Crippen molar-refractivity contribution in [3.8, 4) is 0 Å². The van der Waals surface area contributed by atoms with Crippen molar-refractivity contribution >= 4 is 21.6 Å². The van der Waals surface area contributed by atoms with Crippen LogP contribution in [0.4, 0.5) is 0 Å². The Morgan fingerprint density at radius 2 is 2.17 bits per heavy atom. The lowest BCUT2D eigenvalue weighted by molar-refractivity contribution is -0.689. The van der Waals surface area contributed by atoms with Gasteiger partial charge >= 0.3 is 0 Å². The van der Waals surface area contributed by atoms with E-state index in [1.165, 1.54) is 22.4 Å². The minimum absolute atomic E-state index is 0.0211. The summed E-state index contributed by atoms with van der Waals surface area (Å²) < 4.78 is 2.05. The molecule has 1 atom stereocenters. The van der Waals surface area contributed by atoms with E-state index in [9.17, 15) is 4.79 Å².